The number of carbonyl (C=O) groups is 1. The number of rotatable bonds is 11. The zero-order chi connectivity index (χ0) is 14.9. The zero-order valence-electron chi connectivity index (χ0n) is 14.2. The lowest BCUT2D eigenvalue weighted by atomic mass is 9.58. The third-order valence-corrected chi connectivity index (χ3v) is 5.42. The topological polar surface area (TPSA) is 17.1 Å². The van der Waals surface area contributed by atoms with E-state index >= 15 is 0 Å². The highest BCUT2D eigenvalue weighted by molar-refractivity contribution is 6.43. The van der Waals surface area contributed by atoms with Crippen molar-refractivity contribution in [1.29, 1.82) is 0 Å². The smallest absolute Gasteiger partial charge is 0.132 e. The first-order valence-electron chi connectivity index (χ1n) is 8.51. The Labute approximate surface area is 122 Å². The van der Waals surface area contributed by atoms with Gasteiger partial charge in [0.15, 0.2) is 0 Å². The van der Waals surface area contributed by atoms with Crippen LogP contribution in [0.25, 0.3) is 0 Å². The van der Waals surface area contributed by atoms with E-state index in [9.17, 15) is 4.79 Å². The molecule has 0 amide bonds. The monoisotopic (exact) mass is 266 g/mol. The predicted octanol–water partition coefficient (Wildman–Crippen LogP) is 5.26. The van der Waals surface area contributed by atoms with Gasteiger partial charge in [-0.1, -0.05) is 66.6 Å². The molecule has 0 aliphatic rings. The van der Waals surface area contributed by atoms with Gasteiger partial charge in [0.05, 0.1) is 0 Å². The van der Waals surface area contributed by atoms with Crippen LogP contribution < -0.4 is 0 Å². The van der Waals surface area contributed by atoms with Crippen LogP contribution in [-0.2, 0) is 4.79 Å². The first-order chi connectivity index (χ1) is 8.99. The number of Topliss-reactive ketones (excluding diaryl/α,β-unsaturated/α-hetero) is 1. The first kappa shape index (κ1) is 18.7. The molecule has 0 aliphatic heterocycles. The quantitative estimate of drug-likeness (QED) is 0.466. The van der Waals surface area contributed by atoms with E-state index in [4.69, 9.17) is 0 Å². The van der Waals surface area contributed by atoms with Crippen molar-refractivity contribution in [2.24, 2.45) is 11.3 Å². The average molecular weight is 266 g/mol. The van der Waals surface area contributed by atoms with Crippen molar-refractivity contribution >= 4 is 13.1 Å². The van der Waals surface area contributed by atoms with Crippen molar-refractivity contribution in [2.75, 3.05) is 0 Å². The Bertz CT molecular complexity index is 242. The summed E-state index contributed by atoms with van der Waals surface area (Å²) in [4.78, 5) is 12.3. The molecule has 0 radical (unpaired) electrons. The molecule has 1 nitrogen and oxygen atoms in total. The standard InChI is InChI=1S/C17H35BO/c1-7-14(6)18-13-16(19)12-17(10-4,11-5)15(8-2)9-3/h14-15,18H,7-13H2,1-6H3. The third-order valence-electron chi connectivity index (χ3n) is 5.42. The zero-order valence-corrected chi connectivity index (χ0v) is 14.2. The van der Waals surface area contributed by atoms with Crippen molar-refractivity contribution in [3.8, 4) is 0 Å². The van der Waals surface area contributed by atoms with Crippen molar-refractivity contribution in [3.05, 3.63) is 0 Å². The second-order valence-corrected chi connectivity index (χ2v) is 6.35. The van der Waals surface area contributed by atoms with Gasteiger partial charge in [0.2, 0.25) is 0 Å². The van der Waals surface area contributed by atoms with Crippen LogP contribution in [0.2, 0.25) is 12.1 Å². The van der Waals surface area contributed by atoms with Gasteiger partial charge in [-0.2, -0.15) is 0 Å². The average Bonchev–Trinajstić information content (AvgIpc) is 2.44. The van der Waals surface area contributed by atoms with Gasteiger partial charge in [0, 0.05) is 6.42 Å². The fourth-order valence-electron chi connectivity index (χ4n) is 3.47. The Kier molecular flexibility index (Phi) is 9.48. The van der Waals surface area contributed by atoms with Crippen molar-refractivity contribution < 1.29 is 4.79 Å². The minimum Gasteiger partial charge on any atom is -0.300 e. The number of hydrogen-bond donors (Lipinski definition) is 0. The summed E-state index contributed by atoms with van der Waals surface area (Å²) in [7, 11) is 1.07. The van der Waals surface area contributed by atoms with Gasteiger partial charge in [0.25, 0.3) is 0 Å². The molecule has 112 valence electrons. The van der Waals surface area contributed by atoms with Crippen LogP contribution in [0.3, 0.4) is 0 Å². The van der Waals surface area contributed by atoms with E-state index in [2.05, 4.69) is 41.5 Å². The largest absolute Gasteiger partial charge is 0.300 e. The first-order valence-corrected chi connectivity index (χ1v) is 8.51. The summed E-state index contributed by atoms with van der Waals surface area (Å²) in [6.07, 6.45) is 7.48. The van der Waals surface area contributed by atoms with E-state index in [0.717, 1.165) is 32.9 Å². The molecule has 0 heterocycles. The number of ketones is 1. The SMILES string of the molecule is CCC(C)BCC(=O)CC(CC)(CC)C(CC)CC. The predicted molar refractivity (Wildman–Crippen MR) is 88.4 cm³/mol. The number of carbonyl (C=O) groups excluding carboxylic acids is 1. The highest BCUT2D eigenvalue weighted by atomic mass is 16.1. The van der Waals surface area contributed by atoms with Gasteiger partial charge in [-0.25, -0.2) is 0 Å². The summed E-state index contributed by atoms with van der Waals surface area (Å²) in [5, 5.41) is 0. The Morgan fingerprint density at radius 2 is 1.53 bits per heavy atom. The fraction of sp³-hybridized carbons (Fsp3) is 0.941. The second-order valence-electron chi connectivity index (χ2n) is 6.35. The van der Waals surface area contributed by atoms with Crippen molar-refractivity contribution in [2.45, 2.75) is 92.2 Å². The van der Waals surface area contributed by atoms with Crippen LogP contribution in [0.4, 0.5) is 0 Å². The van der Waals surface area contributed by atoms with E-state index in [1.54, 1.807) is 0 Å². The van der Waals surface area contributed by atoms with E-state index in [-0.39, 0.29) is 5.41 Å². The van der Waals surface area contributed by atoms with Crippen LogP contribution in [0.15, 0.2) is 0 Å². The Hall–Kier alpha value is -0.265. The maximum atomic E-state index is 12.3. The molecule has 0 saturated carbocycles. The Morgan fingerprint density at radius 3 is 1.89 bits per heavy atom. The molecular weight excluding hydrogens is 231 g/mol. The van der Waals surface area contributed by atoms with Crippen LogP contribution in [0.5, 0.6) is 0 Å². The molecule has 0 rings (SSSR count). The van der Waals surface area contributed by atoms with E-state index < -0.39 is 0 Å². The summed E-state index contributed by atoms with van der Waals surface area (Å²) in [5.74, 6) is 1.89. The van der Waals surface area contributed by atoms with E-state index in [1.165, 1.54) is 19.3 Å². The molecule has 0 aromatic rings. The molecule has 0 aliphatic carbocycles. The van der Waals surface area contributed by atoms with E-state index in [0.29, 0.717) is 17.5 Å². The van der Waals surface area contributed by atoms with Crippen LogP contribution in [-0.4, -0.2) is 13.1 Å². The molecule has 2 heteroatoms. The molecule has 0 spiro atoms. The van der Waals surface area contributed by atoms with Gasteiger partial charge >= 0.3 is 0 Å². The summed E-state index contributed by atoms with van der Waals surface area (Å²) in [6.45, 7) is 13.5. The van der Waals surface area contributed by atoms with E-state index in [1.807, 2.05) is 0 Å². The molecular formula is C17H35BO. The molecule has 0 N–H and O–H groups in total. The third kappa shape index (κ3) is 5.71. The lowest BCUT2D eigenvalue weighted by Gasteiger charge is -2.39. The van der Waals surface area contributed by atoms with Gasteiger partial charge in [-0.3, -0.25) is 0 Å². The van der Waals surface area contributed by atoms with Crippen LogP contribution in [0, 0.1) is 11.3 Å². The van der Waals surface area contributed by atoms with Crippen LogP contribution >= 0.6 is 0 Å². The Balaban J connectivity index is 4.60. The molecule has 1 atom stereocenters. The summed E-state index contributed by atoms with van der Waals surface area (Å²) >= 11 is 0. The Morgan fingerprint density at radius 1 is 1.00 bits per heavy atom. The lowest BCUT2D eigenvalue weighted by molar-refractivity contribution is -0.120. The minimum absolute atomic E-state index is 0.260. The van der Waals surface area contributed by atoms with Gasteiger partial charge in [0.1, 0.15) is 13.1 Å². The molecule has 0 aromatic heterocycles. The van der Waals surface area contributed by atoms with Gasteiger partial charge in [-0.05, 0) is 30.5 Å². The summed E-state index contributed by atoms with van der Waals surface area (Å²) in [5.41, 5.74) is 0.260. The molecule has 1 unspecified atom stereocenters. The van der Waals surface area contributed by atoms with Crippen LogP contribution in [0.1, 0.15) is 80.1 Å². The van der Waals surface area contributed by atoms with Crippen molar-refractivity contribution in [3.63, 3.8) is 0 Å². The number of hydrogen-bond acceptors (Lipinski definition) is 1. The maximum absolute atomic E-state index is 12.3. The summed E-state index contributed by atoms with van der Waals surface area (Å²) in [6, 6.07) is 0. The molecule has 0 saturated heterocycles. The summed E-state index contributed by atoms with van der Waals surface area (Å²) < 4.78 is 0. The highest BCUT2D eigenvalue weighted by Gasteiger charge is 2.35. The maximum Gasteiger partial charge on any atom is 0.132 e. The highest BCUT2D eigenvalue weighted by Crippen LogP contribution is 2.42. The molecule has 19 heavy (non-hydrogen) atoms. The van der Waals surface area contributed by atoms with Crippen molar-refractivity contribution in [1.82, 2.24) is 0 Å². The minimum atomic E-state index is 0.260. The molecule has 0 bridgehead atoms. The lowest BCUT2D eigenvalue weighted by Crippen LogP contribution is -2.32. The normalized spacial score (nSPS) is 13.6. The second kappa shape index (κ2) is 9.61. The van der Waals surface area contributed by atoms with Gasteiger partial charge in [-0.15, -0.1) is 0 Å². The molecule has 0 aromatic carbocycles. The molecule has 0 fully saturated rings. The van der Waals surface area contributed by atoms with Gasteiger partial charge < -0.3 is 4.79 Å². The fourth-order valence-corrected chi connectivity index (χ4v) is 3.47.